The van der Waals surface area contributed by atoms with E-state index in [0.717, 1.165) is 31.4 Å². The quantitative estimate of drug-likeness (QED) is 0.365. The van der Waals surface area contributed by atoms with Crippen molar-refractivity contribution in [1.82, 2.24) is 20.3 Å². The maximum Gasteiger partial charge on any atom is 0.263 e. The molecule has 220 valence electrons. The van der Waals surface area contributed by atoms with Crippen LogP contribution in [0.4, 0.5) is 10.2 Å². The van der Waals surface area contributed by atoms with Crippen molar-refractivity contribution in [3.8, 4) is 11.6 Å². The number of halogens is 1. The lowest BCUT2D eigenvalue weighted by molar-refractivity contribution is -0.165. The molecule has 0 spiro atoms. The van der Waals surface area contributed by atoms with Crippen molar-refractivity contribution in [3.63, 3.8) is 0 Å². The van der Waals surface area contributed by atoms with Crippen molar-refractivity contribution in [2.75, 3.05) is 18.5 Å². The predicted octanol–water partition coefficient (Wildman–Crippen LogP) is 2.74. The summed E-state index contributed by atoms with van der Waals surface area (Å²) in [4.78, 5) is 36.8. The van der Waals surface area contributed by atoms with Gasteiger partial charge in [-0.15, -0.1) is 0 Å². The first kappa shape index (κ1) is 27.1. The molecule has 6 heterocycles. The first-order valence-corrected chi connectivity index (χ1v) is 14.5. The number of fused-ring (bicyclic) bond motifs is 5. The summed E-state index contributed by atoms with van der Waals surface area (Å²) in [5.41, 5.74) is 7.86. The number of hydrogen-bond donors (Lipinski definition) is 3. The molecule has 0 unspecified atom stereocenters. The molecule has 0 aromatic carbocycles. The van der Waals surface area contributed by atoms with Crippen LogP contribution in [0, 0.1) is 5.82 Å². The molecule has 3 aromatic rings. The molecule has 2 saturated heterocycles. The largest absolute Gasteiger partial charge is 0.480 e. The molecule has 2 aliphatic carbocycles. The van der Waals surface area contributed by atoms with Crippen LogP contribution in [0.15, 0.2) is 30.5 Å². The maximum atomic E-state index is 15.1. The minimum Gasteiger partial charge on any atom is -0.480 e. The fourth-order valence-corrected chi connectivity index (χ4v) is 6.55. The second-order valence-corrected chi connectivity index (χ2v) is 11.9. The highest BCUT2D eigenvalue weighted by Gasteiger charge is 2.49. The Morgan fingerprint density at radius 2 is 2.00 bits per heavy atom. The van der Waals surface area contributed by atoms with Gasteiger partial charge in [-0.2, -0.15) is 0 Å². The number of hydrogen-bond acceptors (Lipinski definition) is 10. The minimum absolute atomic E-state index is 0.00321. The summed E-state index contributed by atoms with van der Waals surface area (Å²) in [6.07, 6.45) is 6.46. The molecule has 4 fully saturated rings. The lowest BCUT2D eigenvalue weighted by Crippen LogP contribution is -2.61. The van der Waals surface area contributed by atoms with Crippen LogP contribution in [0.1, 0.15) is 56.2 Å². The van der Waals surface area contributed by atoms with Crippen LogP contribution in [-0.4, -0.2) is 63.1 Å². The summed E-state index contributed by atoms with van der Waals surface area (Å²) in [5.74, 6) is 0.707. The summed E-state index contributed by atoms with van der Waals surface area (Å²) < 4.78 is 32.9. The number of aromatic nitrogens is 3. The molecular formula is C30H33FN6O5. The average molecular weight is 577 g/mol. The SMILES string of the molecule is N[C@@H]1C(=O)CC[C@@H]1Oc1ccc2ncc(F)c(CCC34CCC(NCc5ccc6c(n5)NC(=O)CO6)(CC3)CO4)c2n1. The number of nitrogens with zero attached hydrogens (tertiary/aromatic N) is 3. The molecule has 11 nitrogen and oxygen atoms in total. The molecule has 2 atom stereocenters. The number of ether oxygens (including phenoxy) is 3. The Hall–Kier alpha value is -3.74. The van der Waals surface area contributed by atoms with Crippen LogP contribution in [0.3, 0.4) is 0 Å². The molecule has 2 bridgehead atoms. The van der Waals surface area contributed by atoms with Gasteiger partial charge in [-0.3, -0.25) is 14.6 Å². The number of nitrogens with one attached hydrogen (secondary N) is 2. The van der Waals surface area contributed by atoms with E-state index in [1.807, 2.05) is 12.1 Å². The number of ketones is 1. The van der Waals surface area contributed by atoms with Gasteiger partial charge >= 0.3 is 0 Å². The van der Waals surface area contributed by atoms with Gasteiger partial charge in [0.15, 0.2) is 24.0 Å². The molecular weight excluding hydrogens is 543 g/mol. The summed E-state index contributed by atoms with van der Waals surface area (Å²) in [7, 11) is 0. The second kappa shape index (κ2) is 10.5. The number of aryl methyl sites for hydroxylation is 1. The van der Waals surface area contributed by atoms with Gasteiger partial charge in [0.2, 0.25) is 5.88 Å². The first-order valence-electron chi connectivity index (χ1n) is 14.5. The average Bonchev–Trinajstić information content (AvgIpc) is 3.32. The summed E-state index contributed by atoms with van der Waals surface area (Å²) in [5, 5.41) is 6.41. The Balaban J connectivity index is 0.998. The van der Waals surface area contributed by atoms with Gasteiger partial charge in [-0.25, -0.2) is 14.4 Å². The van der Waals surface area contributed by atoms with E-state index in [1.165, 1.54) is 6.20 Å². The molecule has 0 radical (unpaired) electrons. The topological polar surface area (TPSA) is 151 Å². The van der Waals surface area contributed by atoms with Crippen molar-refractivity contribution >= 4 is 28.5 Å². The van der Waals surface area contributed by atoms with E-state index in [9.17, 15) is 9.59 Å². The number of pyridine rings is 3. The molecule has 12 heteroatoms. The highest BCUT2D eigenvalue weighted by Crippen LogP contribution is 2.46. The Morgan fingerprint density at radius 3 is 2.76 bits per heavy atom. The molecule has 1 amide bonds. The molecule has 8 rings (SSSR count). The lowest BCUT2D eigenvalue weighted by Gasteiger charge is -2.53. The number of Topliss-reactive ketones (excluding diaryl/α,β-unsaturated/α-hetero) is 1. The lowest BCUT2D eigenvalue weighted by atomic mass is 9.69. The smallest absolute Gasteiger partial charge is 0.263 e. The zero-order chi connectivity index (χ0) is 28.9. The predicted molar refractivity (Wildman–Crippen MR) is 150 cm³/mol. The normalized spacial score (nSPS) is 28.4. The van der Waals surface area contributed by atoms with Gasteiger partial charge in [0, 0.05) is 30.1 Å². The van der Waals surface area contributed by atoms with Crippen molar-refractivity contribution in [1.29, 1.82) is 0 Å². The third-order valence-electron chi connectivity index (χ3n) is 9.24. The molecule has 4 N–H and O–H groups in total. The van der Waals surface area contributed by atoms with Gasteiger partial charge in [0.25, 0.3) is 5.91 Å². The molecule has 3 aromatic heterocycles. The van der Waals surface area contributed by atoms with E-state index >= 15 is 4.39 Å². The zero-order valence-electron chi connectivity index (χ0n) is 23.2. The zero-order valence-corrected chi connectivity index (χ0v) is 23.2. The highest BCUT2D eigenvalue weighted by molar-refractivity contribution is 5.94. The number of rotatable bonds is 8. The number of anilines is 1. The van der Waals surface area contributed by atoms with Gasteiger partial charge in [0.05, 0.1) is 35.1 Å². The van der Waals surface area contributed by atoms with Crippen molar-refractivity contribution in [2.24, 2.45) is 5.73 Å². The van der Waals surface area contributed by atoms with E-state index in [2.05, 4.69) is 25.6 Å². The van der Waals surface area contributed by atoms with E-state index in [0.29, 0.717) is 72.9 Å². The Bertz CT molecular complexity index is 1540. The third-order valence-corrected chi connectivity index (χ3v) is 9.24. The molecule has 5 aliphatic rings. The van der Waals surface area contributed by atoms with Crippen LogP contribution in [-0.2, 0) is 27.3 Å². The van der Waals surface area contributed by atoms with Gasteiger partial charge in [-0.05, 0) is 63.1 Å². The van der Waals surface area contributed by atoms with E-state index < -0.39 is 18.0 Å². The van der Waals surface area contributed by atoms with E-state index in [1.54, 1.807) is 12.1 Å². The Labute approximate surface area is 241 Å². The van der Waals surface area contributed by atoms with Crippen LogP contribution in [0.2, 0.25) is 0 Å². The highest BCUT2D eigenvalue weighted by atomic mass is 19.1. The standard InChI is InChI=1S/C30H33FN6O5/c31-19-14-33-20-2-6-25(42-22-5-3-21(38)26(22)32)37-27(20)18(19)7-8-30-11-9-29(10-12-30,16-41-30)34-13-17-1-4-23-28(35-17)36-24(39)15-40-23/h1-2,4,6,14,22,26,34H,3,5,7-13,15-16,32H2,(H,35,36,39)/t22-,26+,29?,30?/m0/s1. The first-order chi connectivity index (χ1) is 20.3. The van der Waals surface area contributed by atoms with Crippen LogP contribution in [0.5, 0.6) is 11.6 Å². The third kappa shape index (κ3) is 5.07. The van der Waals surface area contributed by atoms with Crippen LogP contribution < -0.4 is 25.8 Å². The minimum atomic E-state index is -0.672. The van der Waals surface area contributed by atoms with Gasteiger partial charge in [-0.1, -0.05) is 0 Å². The monoisotopic (exact) mass is 576 g/mol. The maximum absolute atomic E-state index is 15.1. The van der Waals surface area contributed by atoms with Crippen LogP contribution >= 0.6 is 0 Å². The van der Waals surface area contributed by atoms with Crippen molar-refractivity contribution in [3.05, 3.63) is 47.5 Å². The van der Waals surface area contributed by atoms with Crippen molar-refractivity contribution < 1.29 is 28.2 Å². The van der Waals surface area contributed by atoms with E-state index in [4.69, 9.17) is 19.9 Å². The number of nitrogens with two attached hydrogens (primary N) is 1. The summed E-state index contributed by atoms with van der Waals surface area (Å²) >= 11 is 0. The summed E-state index contributed by atoms with van der Waals surface area (Å²) in [6, 6.07) is 6.51. The molecule has 42 heavy (non-hydrogen) atoms. The number of carbonyl (C=O) groups excluding carboxylic acids is 2. The van der Waals surface area contributed by atoms with Crippen molar-refractivity contribution in [2.45, 2.75) is 81.2 Å². The molecule has 3 aliphatic heterocycles. The van der Waals surface area contributed by atoms with E-state index in [-0.39, 0.29) is 29.4 Å². The number of amides is 1. The van der Waals surface area contributed by atoms with Gasteiger partial charge < -0.3 is 30.6 Å². The van der Waals surface area contributed by atoms with Gasteiger partial charge in [0.1, 0.15) is 18.0 Å². The molecule has 2 saturated carbocycles. The Morgan fingerprint density at radius 1 is 1.14 bits per heavy atom. The second-order valence-electron chi connectivity index (χ2n) is 11.9. The van der Waals surface area contributed by atoms with Crippen LogP contribution in [0.25, 0.3) is 11.0 Å². The Kier molecular flexibility index (Phi) is 6.79. The summed E-state index contributed by atoms with van der Waals surface area (Å²) in [6.45, 7) is 1.11. The number of carbonyl (C=O) groups is 2. The fraction of sp³-hybridized carbons (Fsp3) is 0.500. The fourth-order valence-electron chi connectivity index (χ4n) is 6.55.